The van der Waals surface area contributed by atoms with Crippen LogP contribution < -0.4 is 0 Å². The van der Waals surface area contributed by atoms with Crippen LogP contribution in [0.2, 0.25) is 0 Å². The molecule has 0 amide bonds. The largest absolute Gasteiger partial charge is 0.466 e. The number of carbonyl (C=O) groups excluding carboxylic acids is 2. The van der Waals surface area contributed by atoms with E-state index in [-0.39, 0.29) is 0 Å². The minimum absolute atomic E-state index is 0.416. The predicted octanol–water partition coefficient (Wildman–Crippen LogP) is 2.01. The van der Waals surface area contributed by atoms with Gasteiger partial charge in [-0.25, -0.2) is 9.59 Å². The molecule has 4 nitrogen and oxygen atoms in total. The molecule has 0 fully saturated rings. The van der Waals surface area contributed by atoms with Crippen LogP contribution in [-0.4, -0.2) is 26.2 Å². The summed E-state index contributed by atoms with van der Waals surface area (Å²) in [4.78, 5) is 22.2. The Labute approximate surface area is 95.9 Å². The minimum Gasteiger partial charge on any atom is -0.466 e. The third-order valence-corrected chi connectivity index (χ3v) is 2.05. The molecular formula is C12H18O4. The number of rotatable bonds is 5. The molecule has 4 heteroatoms. The van der Waals surface area contributed by atoms with Gasteiger partial charge in [-0.3, -0.25) is 0 Å². The van der Waals surface area contributed by atoms with Gasteiger partial charge in [-0.2, -0.15) is 0 Å². The van der Waals surface area contributed by atoms with Crippen LogP contribution in [0.3, 0.4) is 0 Å². The number of hydrogen-bond donors (Lipinski definition) is 0. The second kappa shape index (κ2) is 7.68. The summed E-state index contributed by atoms with van der Waals surface area (Å²) >= 11 is 0. The Morgan fingerprint density at radius 3 is 2.00 bits per heavy atom. The van der Waals surface area contributed by atoms with Crippen molar-refractivity contribution in [2.45, 2.75) is 26.7 Å². The van der Waals surface area contributed by atoms with Gasteiger partial charge in [0.15, 0.2) is 0 Å². The number of carbonyl (C=O) groups is 2. The molecule has 0 heterocycles. The van der Waals surface area contributed by atoms with Crippen LogP contribution in [0.4, 0.5) is 0 Å². The molecule has 0 aromatic heterocycles. The molecule has 0 saturated carbocycles. The van der Waals surface area contributed by atoms with E-state index < -0.39 is 11.9 Å². The van der Waals surface area contributed by atoms with Crippen molar-refractivity contribution < 1.29 is 19.1 Å². The molecular weight excluding hydrogens is 208 g/mol. The highest BCUT2D eigenvalue weighted by Gasteiger charge is 2.05. The number of hydrogen-bond acceptors (Lipinski definition) is 4. The normalized spacial score (nSPS) is 12.2. The van der Waals surface area contributed by atoms with Crippen LogP contribution in [0.1, 0.15) is 26.7 Å². The topological polar surface area (TPSA) is 52.6 Å². The maximum atomic E-state index is 11.1. The average molecular weight is 226 g/mol. The Morgan fingerprint density at radius 1 is 1.06 bits per heavy atom. The van der Waals surface area contributed by atoms with E-state index in [9.17, 15) is 9.59 Å². The lowest BCUT2D eigenvalue weighted by Gasteiger charge is -2.06. The van der Waals surface area contributed by atoms with E-state index in [1.165, 1.54) is 26.4 Å². The fourth-order valence-electron chi connectivity index (χ4n) is 1.18. The van der Waals surface area contributed by atoms with Crippen molar-refractivity contribution in [2.75, 3.05) is 14.2 Å². The smallest absolute Gasteiger partial charge is 0.330 e. The highest BCUT2D eigenvalue weighted by molar-refractivity contribution is 5.86. The summed E-state index contributed by atoms with van der Waals surface area (Å²) < 4.78 is 9.07. The van der Waals surface area contributed by atoms with E-state index in [1.807, 2.05) is 6.92 Å². The van der Waals surface area contributed by atoms with Gasteiger partial charge in [0.25, 0.3) is 0 Å². The molecule has 90 valence electrons. The molecule has 0 saturated heterocycles. The summed E-state index contributed by atoms with van der Waals surface area (Å²) in [5.41, 5.74) is 1.51. The lowest BCUT2D eigenvalue weighted by Crippen LogP contribution is -2.01. The van der Waals surface area contributed by atoms with Crippen molar-refractivity contribution in [3.63, 3.8) is 0 Å². The molecule has 0 N–H and O–H groups in total. The third kappa shape index (κ3) is 5.34. The van der Waals surface area contributed by atoms with Crippen molar-refractivity contribution in [3.8, 4) is 0 Å². The van der Waals surface area contributed by atoms with Gasteiger partial charge < -0.3 is 9.47 Å². The summed E-state index contributed by atoms with van der Waals surface area (Å²) in [6.07, 6.45) is 4.37. The number of allylic oxidation sites excluding steroid dienone is 2. The Morgan fingerprint density at radius 2 is 1.56 bits per heavy atom. The maximum Gasteiger partial charge on any atom is 0.330 e. The van der Waals surface area contributed by atoms with Crippen LogP contribution >= 0.6 is 0 Å². The molecule has 0 radical (unpaired) electrons. The van der Waals surface area contributed by atoms with Gasteiger partial charge in [0.2, 0.25) is 0 Å². The number of methoxy groups -OCH3 is 2. The van der Waals surface area contributed by atoms with Crippen molar-refractivity contribution in [1.29, 1.82) is 0 Å². The van der Waals surface area contributed by atoms with E-state index in [0.29, 0.717) is 6.42 Å². The van der Waals surface area contributed by atoms with Crippen LogP contribution in [-0.2, 0) is 19.1 Å². The van der Waals surface area contributed by atoms with Gasteiger partial charge in [0, 0.05) is 12.2 Å². The first kappa shape index (κ1) is 14.4. The van der Waals surface area contributed by atoms with Crippen molar-refractivity contribution in [3.05, 3.63) is 23.3 Å². The van der Waals surface area contributed by atoms with Gasteiger partial charge in [-0.15, -0.1) is 0 Å². The van der Waals surface area contributed by atoms with Gasteiger partial charge >= 0.3 is 11.9 Å². The molecule has 0 aliphatic heterocycles. The summed E-state index contributed by atoms with van der Waals surface area (Å²) in [7, 11) is 2.64. The molecule has 0 aliphatic carbocycles. The molecule has 0 atom stereocenters. The van der Waals surface area contributed by atoms with Crippen molar-refractivity contribution >= 4 is 11.9 Å². The first-order valence-corrected chi connectivity index (χ1v) is 5.10. The highest BCUT2D eigenvalue weighted by Crippen LogP contribution is 2.15. The zero-order valence-corrected chi connectivity index (χ0v) is 10.2. The maximum absolute atomic E-state index is 11.1. The van der Waals surface area contributed by atoms with E-state index in [1.54, 1.807) is 6.92 Å². The molecule has 0 unspecified atom stereocenters. The standard InChI is InChI=1S/C12H18O4/c1-5-6-10(8-12(14)16-4)9(2)7-11(13)15-3/h7-8H,5-6H2,1-4H3/b9-7-,10-8+. The monoisotopic (exact) mass is 226 g/mol. The van der Waals surface area contributed by atoms with Crippen LogP contribution in [0.5, 0.6) is 0 Å². The molecule has 16 heavy (non-hydrogen) atoms. The Kier molecular flexibility index (Phi) is 6.92. The number of esters is 2. The zero-order chi connectivity index (χ0) is 12.6. The Hall–Kier alpha value is -1.58. The quantitative estimate of drug-likeness (QED) is 0.409. The first-order valence-electron chi connectivity index (χ1n) is 5.10. The number of ether oxygens (including phenoxy) is 2. The Bertz CT molecular complexity index is 313. The summed E-state index contributed by atoms with van der Waals surface area (Å²) in [6, 6.07) is 0. The fourth-order valence-corrected chi connectivity index (χ4v) is 1.18. The van der Waals surface area contributed by atoms with Gasteiger partial charge in [0.1, 0.15) is 0 Å². The summed E-state index contributed by atoms with van der Waals surface area (Å²) in [5, 5.41) is 0. The Balaban J connectivity index is 4.91. The van der Waals surface area contributed by atoms with E-state index in [2.05, 4.69) is 9.47 Å². The SMILES string of the molecule is CCCC(=C\C(=O)OC)/C(C)=C\C(=O)OC. The summed E-state index contributed by atoms with van der Waals surface area (Å²) in [6.45, 7) is 3.76. The molecule has 0 aromatic carbocycles. The molecule has 0 rings (SSSR count). The zero-order valence-electron chi connectivity index (χ0n) is 10.2. The second-order valence-corrected chi connectivity index (χ2v) is 3.29. The fraction of sp³-hybridized carbons (Fsp3) is 0.500. The summed E-state index contributed by atoms with van der Waals surface area (Å²) in [5.74, 6) is -0.842. The van der Waals surface area contributed by atoms with Crippen LogP contribution in [0.25, 0.3) is 0 Å². The minimum atomic E-state index is -0.427. The van der Waals surface area contributed by atoms with Crippen molar-refractivity contribution in [1.82, 2.24) is 0 Å². The predicted molar refractivity (Wildman–Crippen MR) is 60.8 cm³/mol. The molecule has 0 aromatic rings. The average Bonchev–Trinajstić information content (AvgIpc) is 2.27. The lowest BCUT2D eigenvalue weighted by molar-refractivity contribution is -0.135. The first-order chi connectivity index (χ1) is 7.54. The van der Waals surface area contributed by atoms with Crippen LogP contribution in [0.15, 0.2) is 23.3 Å². The molecule has 0 spiro atoms. The van der Waals surface area contributed by atoms with E-state index in [0.717, 1.165) is 17.6 Å². The van der Waals surface area contributed by atoms with E-state index in [4.69, 9.17) is 0 Å². The van der Waals surface area contributed by atoms with Gasteiger partial charge in [-0.05, 0) is 24.5 Å². The molecule has 0 aliphatic rings. The van der Waals surface area contributed by atoms with Crippen LogP contribution in [0, 0.1) is 0 Å². The van der Waals surface area contributed by atoms with Gasteiger partial charge in [-0.1, -0.05) is 13.3 Å². The van der Waals surface area contributed by atoms with Gasteiger partial charge in [0.05, 0.1) is 14.2 Å². The molecule has 0 bridgehead atoms. The third-order valence-electron chi connectivity index (χ3n) is 2.05. The van der Waals surface area contributed by atoms with E-state index >= 15 is 0 Å². The highest BCUT2D eigenvalue weighted by atomic mass is 16.5. The van der Waals surface area contributed by atoms with Crippen molar-refractivity contribution in [2.24, 2.45) is 0 Å². The lowest BCUT2D eigenvalue weighted by atomic mass is 10.0. The second-order valence-electron chi connectivity index (χ2n) is 3.29.